The van der Waals surface area contributed by atoms with E-state index in [1.165, 1.54) is 0 Å². The molecular formula is C24H22BrN5O3. The number of hydrogen-bond acceptors (Lipinski definition) is 6. The molecule has 4 rings (SSSR count). The molecule has 2 aromatic carbocycles. The molecule has 9 heteroatoms. The lowest BCUT2D eigenvalue weighted by Gasteiger charge is -2.10. The number of benzene rings is 2. The maximum Gasteiger partial charge on any atom is 0.256 e. The van der Waals surface area contributed by atoms with Crippen molar-refractivity contribution in [2.75, 3.05) is 12.4 Å². The summed E-state index contributed by atoms with van der Waals surface area (Å²) in [5.41, 5.74) is 4.21. The highest BCUT2D eigenvalue weighted by Gasteiger charge is 2.13. The highest BCUT2D eigenvalue weighted by atomic mass is 79.9. The van der Waals surface area contributed by atoms with Gasteiger partial charge in [0.2, 0.25) is 5.88 Å². The van der Waals surface area contributed by atoms with E-state index in [4.69, 9.17) is 9.47 Å². The molecule has 168 valence electrons. The summed E-state index contributed by atoms with van der Waals surface area (Å²) in [6.07, 6.45) is 0. The third-order valence-corrected chi connectivity index (χ3v) is 5.94. The molecule has 2 heterocycles. The average Bonchev–Trinajstić information content (AvgIpc) is 3.08. The van der Waals surface area contributed by atoms with E-state index in [2.05, 4.69) is 36.5 Å². The van der Waals surface area contributed by atoms with Gasteiger partial charge in [0.1, 0.15) is 11.5 Å². The summed E-state index contributed by atoms with van der Waals surface area (Å²) in [5, 5.41) is 15.7. The number of carbonyl (C=O) groups is 1. The molecule has 0 bridgehead atoms. The number of hydrogen-bond donors (Lipinski definition) is 1. The van der Waals surface area contributed by atoms with Gasteiger partial charge in [0, 0.05) is 21.9 Å². The Morgan fingerprint density at radius 1 is 0.970 bits per heavy atom. The second kappa shape index (κ2) is 9.41. The number of aromatic nitrogens is 4. The van der Waals surface area contributed by atoms with Crippen LogP contribution in [0.2, 0.25) is 0 Å². The van der Waals surface area contributed by atoms with Crippen LogP contribution in [0.5, 0.6) is 17.4 Å². The van der Waals surface area contributed by atoms with Gasteiger partial charge in [-0.2, -0.15) is 5.10 Å². The fraction of sp³-hybridized carbons (Fsp3) is 0.167. The van der Waals surface area contributed by atoms with Crippen molar-refractivity contribution in [1.29, 1.82) is 0 Å². The number of anilines is 1. The molecule has 8 nitrogen and oxygen atoms in total. The average molecular weight is 508 g/mol. The number of methoxy groups -OCH3 is 1. The predicted molar refractivity (Wildman–Crippen MR) is 129 cm³/mol. The number of amides is 1. The first-order valence-corrected chi connectivity index (χ1v) is 10.9. The number of carbonyl (C=O) groups excluding carboxylic acids is 1. The zero-order chi connectivity index (χ0) is 23.5. The van der Waals surface area contributed by atoms with Crippen molar-refractivity contribution < 1.29 is 14.3 Å². The SMILES string of the molecule is COc1ccc(Br)c(C(=O)Nc2ccc(Oc3ccc(-n4nc(C)c(C)c4C)nn3)cc2)c1. The number of aryl methyl sites for hydroxylation is 1. The first kappa shape index (κ1) is 22.5. The quantitative estimate of drug-likeness (QED) is 0.375. The van der Waals surface area contributed by atoms with Crippen molar-refractivity contribution in [3.8, 4) is 23.2 Å². The van der Waals surface area contributed by atoms with Gasteiger partial charge in [-0.25, -0.2) is 4.68 Å². The van der Waals surface area contributed by atoms with Crippen LogP contribution >= 0.6 is 15.9 Å². The molecule has 1 amide bonds. The van der Waals surface area contributed by atoms with Crippen LogP contribution in [-0.4, -0.2) is 33.0 Å². The Bertz CT molecular complexity index is 1300. The van der Waals surface area contributed by atoms with Crippen molar-refractivity contribution in [2.45, 2.75) is 20.8 Å². The van der Waals surface area contributed by atoms with E-state index in [0.29, 0.717) is 38.9 Å². The van der Waals surface area contributed by atoms with Crippen LogP contribution in [0.25, 0.3) is 5.82 Å². The summed E-state index contributed by atoms with van der Waals surface area (Å²) in [5.74, 6) is 1.90. The van der Waals surface area contributed by atoms with E-state index in [1.54, 1.807) is 60.3 Å². The zero-order valence-electron chi connectivity index (χ0n) is 18.6. The van der Waals surface area contributed by atoms with Crippen LogP contribution in [0.4, 0.5) is 5.69 Å². The third kappa shape index (κ3) is 4.88. The lowest BCUT2D eigenvalue weighted by Crippen LogP contribution is -2.12. The van der Waals surface area contributed by atoms with E-state index in [0.717, 1.165) is 17.0 Å². The molecule has 0 aliphatic rings. The van der Waals surface area contributed by atoms with Gasteiger partial charge in [-0.3, -0.25) is 4.79 Å². The molecule has 0 atom stereocenters. The summed E-state index contributed by atoms with van der Waals surface area (Å²) in [6, 6.07) is 15.8. The van der Waals surface area contributed by atoms with E-state index in [-0.39, 0.29) is 5.91 Å². The summed E-state index contributed by atoms with van der Waals surface area (Å²) >= 11 is 3.40. The molecule has 0 aliphatic heterocycles. The van der Waals surface area contributed by atoms with E-state index < -0.39 is 0 Å². The van der Waals surface area contributed by atoms with Gasteiger partial charge in [-0.15, -0.1) is 10.2 Å². The molecule has 0 aliphatic carbocycles. The molecule has 1 N–H and O–H groups in total. The van der Waals surface area contributed by atoms with Crippen molar-refractivity contribution in [3.63, 3.8) is 0 Å². The number of ether oxygens (including phenoxy) is 2. The van der Waals surface area contributed by atoms with Crippen LogP contribution in [0.3, 0.4) is 0 Å². The van der Waals surface area contributed by atoms with Gasteiger partial charge in [0.05, 0.1) is 18.4 Å². The minimum atomic E-state index is -0.254. The van der Waals surface area contributed by atoms with Crippen molar-refractivity contribution in [3.05, 3.63) is 81.6 Å². The van der Waals surface area contributed by atoms with Gasteiger partial charge in [-0.1, -0.05) is 0 Å². The highest BCUT2D eigenvalue weighted by molar-refractivity contribution is 9.10. The third-order valence-electron chi connectivity index (χ3n) is 5.25. The van der Waals surface area contributed by atoms with Crippen molar-refractivity contribution in [1.82, 2.24) is 20.0 Å². The normalized spacial score (nSPS) is 10.7. The van der Waals surface area contributed by atoms with Crippen molar-refractivity contribution >= 4 is 27.5 Å². The lowest BCUT2D eigenvalue weighted by molar-refractivity contribution is 0.102. The van der Waals surface area contributed by atoms with E-state index in [9.17, 15) is 4.79 Å². The fourth-order valence-corrected chi connectivity index (χ4v) is 3.58. The summed E-state index contributed by atoms with van der Waals surface area (Å²) in [6.45, 7) is 5.99. The summed E-state index contributed by atoms with van der Waals surface area (Å²) < 4.78 is 13.4. The molecular weight excluding hydrogens is 486 g/mol. The molecule has 2 aromatic heterocycles. The monoisotopic (exact) mass is 507 g/mol. The molecule has 0 radical (unpaired) electrons. The maximum absolute atomic E-state index is 12.6. The second-order valence-corrected chi connectivity index (χ2v) is 8.22. The van der Waals surface area contributed by atoms with Crippen LogP contribution < -0.4 is 14.8 Å². The molecule has 0 spiro atoms. The molecule has 0 unspecified atom stereocenters. The second-order valence-electron chi connectivity index (χ2n) is 7.36. The first-order valence-electron chi connectivity index (χ1n) is 10.2. The fourth-order valence-electron chi connectivity index (χ4n) is 3.15. The van der Waals surface area contributed by atoms with Gasteiger partial charge in [-0.05, 0) is 90.8 Å². The summed E-state index contributed by atoms with van der Waals surface area (Å²) in [4.78, 5) is 12.6. The smallest absolute Gasteiger partial charge is 0.256 e. The highest BCUT2D eigenvalue weighted by Crippen LogP contribution is 2.25. The van der Waals surface area contributed by atoms with Gasteiger partial charge >= 0.3 is 0 Å². The molecule has 0 saturated heterocycles. The standard InChI is InChI=1S/C24H22BrN5O3/c1-14-15(2)29-30(16(14)3)22-11-12-23(28-27-22)33-18-7-5-17(6-8-18)26-24(31)20-13-19(32-4)9-10-21(20)25/h5-13H,1-4H3,(H,26,31). The largest absolute Gasteiger partial charge is 0.497 e. The van der Waals surface area contributed by atoms with Crippen LogP contribution in [-0.2, 0) is 0 Å². The Morgan fingerprint density at radius 3 is 2.30 bits per heavy atom. The minimum Gasteiger partial charge on any atom is -0.497 e. The van der Waals surface area contributed by atoms with E-state index in [1.807, 2.05) is 26.8 Å². The molecule has 33 heavy (non-hydrogen) atoms. The Labute approximate surface area is 199 Å². The topological polar surface area (TPSA) is 91.2 Å². The number of halogens is 1. The Kier molecular flexibility index (Phi) is 6.41. The van der Waals surface area contributed by atoms with Gasteiger partial charge in [0.15, 0.2) is 5.82 Å². The minimum absolute atomic E-state index is 0.254. The Hall–Kier alpha value is -3.72. The van der Waals surface area contributed by atoms with Gasteiger partial charge in [0.25, 0.3) is 5.91 Å². The number of nitrogens with zero attached hydrogens (tertiary/aromatic N) is 4. The van der Waals surface area contributed by atoms with Crippen molar-refractivity contribution in [2.24, 2.45) is 0 Å². The van der Waals surface area contributed by atoms with E-state index >= 15 is 0 Å². The number of nitrogens with one attached hydrogen (secondary N) is 1. The van der Waals surface area contributed by atoms with Crippen LogP contribution in [0, 0.1) is 20.8 Å². The van der Waals surface area contributed by atoms with Crippen LogP contribution in [0.1, 0.15) is 27.3 Å². The number of rotatable bonds is 6. The predicted octanol–water partition coefficient (Wildman–Crippen LogP) is 5.40. The maximum atomic E-state index is 12.6. The summed E-state index contributed by atoms with van der Waals surface area (Å²) in [7, 11) is 1.56. The first-order chi connectivity index (χ1) is 15.9. The Morgan fingerprint density at radius 2 is 1.70 bits per heavy atom. The Balaban J connectivity index is 1.42. The molecule has 0 fully saturated rings. The molecule has 0 saturated carbocycles. The van der Waals surface area contributed by atoms with Gasteiger partial charge < -0.3 is 14.8 Å². The molecule has 4 aromatic rings. The van der Waals surface area contributed by atoms with Crippen LogP contribution in [0.15, 0.2) is 59.1 Å². The lowest BCUT2D eigenvalue weighted by atomic mass is 10.2. The zero-order valence-corrected chi connectivity index (χ0v) is 20.2.